The van der Waals surface area contributed by atoms with E-state index in [2.05, 4.69) is 18.8 Å². The molecule has 2 heterocycles. The number of carbonyl (C=O) groups is 1. The Morgan fingerprint density at radius 3 is 2.42 bits per heavy atom. The number of hydrogen-bond acceptors (Lipinski definition) is 1. The molecule has 1 saturated heterocycles. The van der Waals surface area contributed by atoms with Crippen molar-refractivity contribution < 1.29 is 18.0 Å². The minimum atomic E-state index is -0.657. The highest BCUT2D eigenvalue weighted by Crippen LogP contribution is 2.49. The molecule has 1 aliphatic carbocycles. The Kier molecular flexibility index (Phi) is 4.65. The first-order chi connectivity index (χ1) is 14.7. The molecule has 2 aliphatic rings. The highest BCUT2D eigenvalue weighted by molar-refractivity contribution is 5.92. The van der Waals surface area contributed by atoms with Gasteiger partial charge in [-0.15, -0.1) is 0 Å². The highest BCUT2D eigenvalue weighted by Gasteiger charge is 2.42. The summed E-state index contributed by atoms with van der Waals surface area (Å²) in [5.74, 6) is -1.52. The fourth-order valence-electron chi connectivity index (χ4n) is 5.12. The standard InChI is InChI=1S/C25H25F3N2O/c1-25(2)7-8-30(13-25)24(31)16-9-15(10-16)21-19-11-18(27)12-20(28)23(19)29-22(21)14-3-5-17(26)6-4-14/h3-6,11-12,15-16,29H,7-10,13H2,1-2H3/t15-,16-. The third-order valence-corrected chi connectivity index (χ3v) is 6.88. The summed E-state index contributed by atoms with van der Waals surface area (Å²) in [7, 11) is 0. The van der Waals surface area contributed by atoms with Crippen molar-refractivity contribution in [2.75, 3.05) is 13.1 Å². The second-order valence-electron chi connectivity index (χ2n) is 9.77. The molecular weight excluding hydrogens is 401 g/mol. The largest absolute Gasteiger partial charge is 0.352 e. The van der Waals surface area contributed by atoms with E-state index in [-0.39, 0.29) is 34.5 Å². The van der Waals surface area contributed by atoms with E-state index in [0.29, 0.717) is 29.5 Å². The third-order valence-electron chi connectivity index (χ3n) is 6.88. The van der Waals surface area contributed by atoms with Crippen LogP contribution in [0.1, 0.15) is 44.6 Å². The summed E-state index contributed by atoms with van der Waals surface area (Å²) in [6.45, 7) is 5.91. The second kappa shape index (κ2) is 7.14. The lowest BCUT2D eigenvalue weighted by Gasteiger charge is -2.37. The fourth-order valence-corrected chi connectivity index (χ4v) is 5.12. The van der Waals surface area contributed by atoms with Gasteiger partial charge in [0.05, 0.1) is 11.2 Å². The molecule has 1 N–H and O–H groups in total. The van der Waals surface area contributed by atoms with Crippen molar-refractivity contribution in [1.29, 1.82) is 0 Å². The van der Waals surface area contributed by atoms with Crippen molar-refractivity contribution in [3.63, 3.8) is 0 Å². The monoisotopic (exact) mass is 426 g/mol. The van der Waals surface area contributed by atoms with Crippen molar-refractivity contribution in [3.8, 4) is 11.3 Å². The summed E-state index contributed by atoms with van der Waals surface area (Å²) in [6.07, 6.45) is 2.30. The zero-order chi connectivity index (χ0) is 21.9. The van der Waals surface area contributed by atoms with Crippen LogP contribution in [0.25, 0.3) is 22.2 Å². The minimum absolute atomic E-state index is 0.0135. The number of aromatic amines is 1. The molecule has 0 bridgehead atoms. The van der Waals surface area contributed by atoms with Crippen LogP contribution in [0.5, 0.6) is 0 Å². The Morgan fingerprint density at radius 1 is 1.06 bits per heavy atom. The maximum absolute atomic E-state index is 14.5. The maximum atomic E-state index is 14.5. The first-order valence-corrected chi connectivity index (χ1v) is 10.8. The van der Waals surface area contributed by atoms with E-state index in [1.54, 1.807) is 12.1 Å². The predicted octanol–water partition coefficient (Wildman–Crippen LogP) is 6.00. The number of benzene rings is 2. The number of H-pyrrole nitrogens is 1. The molecular formula is C25H25F3N2O. The molecule has 1 saturated carbocycles. The Balaban J connectivity index is 1.47. The summed E-state index contributed by atoms with van der Waals surface area (Å²) in [5, 5.41) is 0.495. The molecule has 0 atom stereocenters. The summed E-state index contributed by atoms with van der Waals surface area (Å²) < 4.78 is 42.0. The Bertz CT molecular complexity index is 1160. The lowest BCUT2D eigenvalue weighted by Crippen LogP contribution is -2.40. The Hall–Kier alpha value is -2.76. The van der Waals surface area contributed by atoms with Crippen LogP contribution >= 0.6 is 0 Å². The number of likely N-dealkylation sites (tertiary alicyclic amines) is 1. The number of aromatic nitrogens is 1. The van der Waals surface area contributed by atoms with E-state index in [4.69, 9.17) is 0 Å². The lowest BCUT2D eigenvalue weighted by atomic mass is 9.69. The van der Waals surface area contributed by atoms with E-state index in [9.17, 15) is 18.0 Å². The number of carbonyl (C=O) groups excluding carboxylic acids is 1. The molecule has 31 heavy (non-hydrogen) atoms. The van der Waals surface area contributed by atoms with Crippen LogP contribution in [-0.4, -0.2) is 28.9 Å². The molecule has 3 aromatic rings. The van der Waals surface area contributed by atoms with Crippen LogP contribution in [0.4, 0.5) is 13.2 Å². The van der Waals surface area contributed by atoms with Gasteiger partial charge in [-0.1, -0.05) is 13.8 Å². The van der Waals surface area contributed by atoms with Gasteiger partial charge in [0, 0.05) is 30.5 Å². The molecule has 3 nitrogen and oxygen atoms in total. The first-order valence-electron chi connectivity index (χ1n) is 10.8. The SMILES string of the molecule is CC1(C)CCN(C(=O)[C@H]2C[C@H](c3c(-c4ccc(F)cc4)[nH]c4c(F)cc(F)cc43)C2)C1. The number of nitrogens with one attached hydrogen (secondary N) is 1. The Labute approximate surface area is 179 Å². The summed E-state index contributed by atoms with van der Waals surface area (Å²) >= 11 is 0. The molecule has 0 spiro atoms. The van der Waals surface area contributed by atoms with E-state index in [0.717, 1.165) is 31.1 Å². The topological polar surface area (TPSA) is 36.1 Å². The summed E-state index contributed by atoms with van der Waals surface area (Å²) in [6, 6.07) is 8.17. The van der Waals surface area contributed by atoms with E-state index >= 15 is 0 Å². The molecule has 6 heteroatoms. The second-order valence-corrected chi connectivity index (χ2v) is 9.77. The molecule has 1 aromatic heterocycles. The van der Waals surface area contributed by atoms with E-state index in [1.807, 2.05) is 4.90 Å². The number of hydrogen-bond donors (Lipinski definition) is 1. The lowest BCUT2D eigenvalue weighted by molar-refractivity contribution is -0.138. The van der Waals surface area contributed by atoms with Gasteiger partial charge in [0.1, 0.15) is 17.5 Å². The van der Waals surface area contributed by atoms with Crippen LogP contribution in [0.3, 0.4) is 0 Å². The van der Waals surface area contributed by atoms with Gasteiger partial charge in [-0.05, 0) is 72.1 Å². The smallest absolute Gasteiger partial charge is 0.225 e. The van der Waals surface area contributed by atoms with E-state index in [1.165, 1.54) is 18.2 Å². The van der Waals surface area contributed by atoms with Gasteiger partial charge in [-0.2, -0.15) is 0 Å². The van der Waals surface area contributed by atoms with Gasteiger partial charge in [-0.25, -0.2) is 13.2 Å². The first kappa shape index (κ1) is 20.2. The summed E-state index contributed by atoms with van der Waals surface area (Å²) in [4.78, 5) is 18.0. The van der Waals surface area contributed by atoms with Crippen LogP contribution in [-0.2, 0) is 4.79 Å². The van der Waals surface area contributed by atoms with Gasteiger partial charge >= 0.3 is 0 Å². The molecule has 0 unspecified atom stereocenters. The number of halogens is 3. The van der Waals surface area contributed by atoms with Gasteiger partial charge in [-0.3, -0.25) is 4.79 Å². The predicted molar refractivity (Wildman–Crippen MR) is 114 cm³/mol. The zero-order valence-corrected chi connectivity index (χ0v) is 17.6. The normalized spacial score (nSPS) is 22.7. The van der Waals surface area contributed by atoms with Crippen molar-refractivity contribution in [1.82, 2.24) is 9.88 Å². The average Bonchev–Trinajstić information content (AvgIpc) is 3.22. The maximum Gasteiger partial charge on any atom is 0.225 e. The van der Waals surface area contributed by atoms with Crippen LogP contribution < -0.4 is 0 Å². The molecule has 162 valence electrons. The van der Waals surface area contributed by atoms with Crippen LogP contribution in [0.2, 0.25) is 0 Å². The zero-order valence-electron chi connectivity index (χ0n) is 17.6. The van der Waals surface area contributed by atoms with Crippen molar-refractivity contribution in [3.05, 3.63) is 59.4 Å². The average molecular weight is 426 g/mol. The summed E-state index contributed by atoms with van der Waals surface area (Å²) in [5.41, 5.74) is 2.58. The fraction of sp³-hybridized carbons (Fsp3) is 0.400. The van der Waals surface area contributed by atoms with Crippen molar-refractivity contribution >= 4 is 16.8 Å². The number of nitrogens with zero attached hydrogens (tertiary/aromatic N) is 1. The van der Waals surface area contributed by atoms with E-state index < -0.39 is 11.6 Å². The van der Waals surface area contributed by atoms with Crippen LogP contribution in [0, 0.1) is 28.8 Å². The van der Waals surface area contributed by atoms with Gasteiger partial charge < -0.3 is 9.88 Å². The Morgan fingerprint density at radius 2 is 1.77 bits per heavy atom. The van der Waals surface area contributed by atoms with Gasteiger partial charge in [0.15, 0.2) is 0 Å². The van der Waals surface area contributed by atoms with Gasteiger partial charge in [0.25, 0.3) is 0 Å². The highest BCUT2D eigenvalue weighted by atomic mass is 19.1. The van der Waals surface area contributed by atoms with Crippen molar-refractivity contribution in [2.24, 2.45) is 11.3 Å². The molecule has 0 radical (unpaired) electrons. The number of amides is 1. The third kappa shape index (κ3) is 3.52. The van der Waals surface area contributed by atoms with Gasteiger partial charge in [0.2, 0.25) is 5.91 Å². The number of rotatable bonds is 3. The quantitative estimate of drug-likeness (QED) is 0.548. The van der Waals surface area contributed by atoms with Crippen molar-refractivity contribution in [2.45, 2.75) is 39.0 Å². The van der Waals surface area contributed by atoms with Crippen LogP contribution in [0.15, 0.2) is 36.4 Å². The molecule has 2 aromatic carbocycles. The minimum Gasteiger partial charge on any atom is -0.352 e. The molecule has 1 aliphatic heterocycles. The molecule has 5 rings (SSSR count). The molecule has 2 fully saturated rings. The number of fused-ring (bicyclic) bond motifs is 1. The molecule has 1 amide bonds.